The fourth-order valence-corrected chi connectivity index (χ4v) is 8.63. The van der Waals surface area contributed by atoms with Gasteiger partial charge in [-0.3, -0.25) is 18.7 Å². The molecule has 1 atom stereocenters. The standard InChI is InChI=1S/C20H32O9P2/c1-7-26-30(24,14-31(25,27-8-2)28-9-3)16-10-11-18(29-15(4)21)17(12-16)20(5,6)13-19(22)23/h10-12H,7-9,13-14H2,1-6H3,(H,22,23). The summed E-state index contributed by atoms with van der Waals surface area (Å²) < 4.78 is 48.3. The zero-order chi connectivity index (χ0) is 23.9. The van der Waals surface area contributed by atoms with Crippen molar-refractivity contribution in [1.29, 1.82) is 0 Å². The molecule has 0 amide bonds. The van der Waals surface area contributed by atoms with Gasteiger partial charge < -0.3 is 23.4 Å². The SMILES string of the molecule is CCOP(=O)(CP(=O)(OCC)c1ccc(OC(C)=O)c(C(C)(C)CC(=O)O)c1)OCC. The van der Waals surface area contributed by atoms with Crippen molar-refractivity contribution in [1.82, 2.24) is 0 Å². The third-order valence-corrected chi connectivity index (χ3v) is 10.2. The molecule has 176 valence electrons. The van der Waals surface area contributed by atoms with E-state index in [1.54, 1.807) is 34.6 Å². The fourth-order valence-electron chi connectivity index (χ4n) is 3.12. The summed E-state index contributed by atoms with van der Waals surface area (Å²) in [6.45, 7) is 9.81. The van der Waals surface area contributed by atoms with Crippen molar-refractivity contribution < 1.29 is 42.1 Å². The van der Waals surface area contributed by atoms with E-state index in [2.05, 4.69) is 0 Å². The maximum absolute atomic E-state index is 13.8. The Morgan fingerprint density at radius 1 is 1.00 bits per heavy atom. The van der Waals surface area contributed by atoms with Crippen LogP contribution >= 0.6 is 15.0 Å². The number of benzene rings is 1. The lowest BCUT2D eigenvalue weighted by atomic mass is 9.81. The number of aliphatic carboxylic acids is 1. The quantitative estimate of drug-likeness (QED) is 0.247. The van der Waals surface area contributed by atoms with Gasteiger partial charge in [0.2, 0.25) is 7.37 Å². The van der Waals surface area contributed by atoms with Crippen molar-refractivity contribution in [3.63, 3.8) is 0 Å². The number of hydrogen-bond acceptors (Lipinski definition) is 8. The first kappa shape index (κ1) is 27.5. The summed E-state index contributed by atoms with van der Waals surface area (Å²) in [6.07, 6.45) is -0.264. The summed E-state index contributed by atoms with van der Waals surface area (Å²) in [5.41, 5.74) is -0.599. The van der Waals surface area contributed by atoms with E-state index in [0.717, 1.165) is 0 Å². The van der Waals surface area contributed by atoms with Gasteiger partial charge in [-0.05, 0) is 39.0 Å². The molecule has 1 unspecified atom stereocenters. The molecule has 1 aromatic rings. The van der Waals surface area contributed by atoms with E-state index < -0.39 is 38.2 Å². The Morgan fingerprint density at radius 2 is 1.55 bits per heavy atom. The van der Waals surface area contributed by atoms with Gasteiger partial charge in [-0.1, -0.05) is 13.8 Å². The predicted molar refractivity (Wildman–Crippen MR) is 118 cm³/mol. The molecule has 0 aliphatic heterocycles. The van der Waals surface area contributed by atoms with Crippen molar-refractivity contribution >= 4 is 32.2 Å². The Kier molecular flexibility index (Phi) is 10.1. The van der Waals surface area contributed by atoms with Crippen molar-refractivity contribution in [2.24, 2.45) is 0 Å². The molecule has 0 bridgehead atoms. The minimum Gasteiger partial charge on any atom is -0.481 e. The number of carbonyl (C=O) groups excluding carboxylic acids is 1. The summed E-state index contributed by atoms with van der Waals surface area (Å²) in [4.78, 5) is 22.9. The molecule has 1 N–H and O–H groups in total. The van der Waals surface area contributed by atoms with Gasteiger partial charge in [0.05, 0.1) is 26.2 Å². The molecule has 0 spiro atoms. The molecule has 31 heavy (non-hydrogen) atoms. The highest BCUT2D eigenvalue weighted by molar-refractivity contribution is 7.78. The summed E-state index contributed by atoms with van der Waals surface area (Å²) in [7, 11) is -7.45. The van der Waals surface area contributed by atoms with Crippen molar-refractivity contribution in [2.75, 3.05) is 25.7 Å². The lowest BCUT2D eigenvalue weighted by Gasteiger charge is -2.28. The van der Waals surface area contributed by atoms with Gasteiger partial charge >= 0.3 is 19.5 Å². The highest BCUT2D eigenvalue weighted by atomic mass is 31.2. The molecule has 0 saturated carbocycles. The van der Waals surface area contributed by atoms with E-state index in [-0.39, 0.29) is 37.3 Å². The van der Waals surface area contributed by atoms with Gasteiger partial charge in [0.25, 0.3) is 0 Å². The number of esters is 1. The van der Waals surface area contributed by atoms with Crippen LogP contribution in [-0.4, -0.2) is 42.8 Å². The summed E-state index contributed by atoms with van der Waals surface area (Å²) >= 11 is 0. The van der Waals surface area contributed by atoms with E-state index in [9.17, 15) is 23.8 Å². The molecule has 1 rings (SSSR count). The van der Waals surface area contributed by atoms with Gasteiger partial charge in [-0.15, -0.1) is 0 Å². The smallest absolute Gasteiger partial charge is 0.340 e. The number of carboxylic acid groups (broad SMARTS) is 1. The van der Waals surface area contributed by atoms with Crippen molar-refractivity contribution in [2.45, 2.75) is 53.4 Å². The monoisotopic (exact) mass is 478 g/mol. The zero-order valence-corrected chi connectivity index (χ0v) is 20.7. The van der Waals surface area contributed by atoms with Crippen molar-refractivity contribution in [3.8, 4) is 5.75 Å². The third-order valence-electron chi connectivity index (χ3n) is 4.28. The van der Waals surface area contributed by atoms with E-state index >= 15 is 0 Å². The molecule has 0 aliphatic rings. The number of hydrogen-bond donors (Lipinski definition) is 1. The molecular formula is C20H32O9P2. The lowest BCUT2D eigenvalue weighted by Crippen LogP contribution is -2.25. The topological polar surface area (TPSA) is 125 Å². The first-order valence-electron chi connectivity index (χ1n) is 9.99. The van der Waals surface area contributed by atoms with Crippen LogP contribution in [0.5, 0.6) is 5.75 Å². The lowest BCUT2D eigenvalue weighted by molar-refractivity contribution is -0.138. The molecule has 0 radical (unpaired) electrons. The fraction of sp³-hybridized carbons (Fsp3) is 0.600. The Bertz CT molecular complexity index is 869. The van der Waals surface area contributed by atoms with Crippen LogP contribution in [0, 0.1) is 0 Å². The van der Waals surface area contributed by atoms with Gasteiger partial charge in [0.1, 0.15) is 11.7 Å². The zero-order valence-electron chi connectivity index (χ0n) is 18.9. The van der Waals surface area contributed by atoms with Gasteiger partial charge in [0, 0.05) is 23.2 Å². The maximum Gasteiger partial charge on any atom is 0.340 e. The van der Waals surface area contributed by atoms with Crippen LogP contribution in [0.4, 0.5) is 0 Å². The second kappa shape index (κ2) is 11.4. The summed E-state index contributed by atoms with van der Waals surface area (Å²) in [5.74, 6) is -1.94. The molecule has 0 heterocycles. The average molecular weight is 478 g/mol. The van der Waals surface area contributed by atoms with E-state index in [4.69, 9.17) is 18.3 Å². The highest BCUT2D eigenvalue weighted by Gasteiger charge is 2.40. The van der Waals surface area contributed by atoms with Crippen LogP contribution in [0.1, 0.15) is 53.5 Å². The van der Waals surface area contributed by atoms with E-state index in [0.29, 0.717) is 5.56 Å². The van der Waals surface area contributed by atoms with Crippen LogP contribution in [0.3, 0.4) is 0 Å². The molecule has 0 saturated heterocycles. The molecule has 0 fully saturated rings. The van der Waals surface area contributed by atoms with E-state index in [1.165, 1.54) is 25.1 Å². The second-order valence-electron chi connectivity index (χ2n) is 7.41. The first-order valence-corrected chi connectivity index (χ1v) is 13.5. The highest BCUT2D eigenvalue weighted by Crippen LogP contribution is 2.63. The van der Waals surface area contributed by atoms with Crippen LogP contribution in [0.25, 0.3) is 0 Å². The first-order chi connectivity index (χ1) is 14.3. The van der Waals surface area contributed by atoms with Gasteiger partial charge in [0.15, 0.2) is 0 Å². The van der Waals surface area contributed by atoms with Gasteiger partial charge in [-0.2, -0.15) is 0 Å². The molecule has 11 heteroatoms. The molecule has 0 aromatic heterocycles. The largest absolute Gasteiger partial charge is 0.481 e. The third kappa shape index (κ3) is 7.85. The Morgan fingerprint density at radius 3 is 2.00 bits per heavy atom. The number of rotatable bonds is 13. The average Bonchev–Trinajstić information content (AvgIpc) is 2.60. The maximum atomic E-state index is 13.8. The molecule has 1 aromatic carbocycles. The summed E-state index contributed by atoms with van der Waals surface area (Å²) in [5, 5.41) is 9.52. The Hall–Kier alpha value is -1.50. The second-order valence-corrected chi connectivity index (χ2v) is 12.4. The number of ether oxygens (including phenoxy) is 1. The molecule has 9 nitrogen and oxygen atoms in total. The number of carboxylic acids is 1. The summed E-state index contributed by atoms with van der Waals surface area (Å²) in [6, 6.07) is 4.38. The van der Waals surface area contributed by atoms with Gasteiger partial charge in [-0.25, -0.2) is 0 Å². The van der Waals surface area contributed by atoms with Crippen LogP contribution in [-0.2, 0) is 37.7 Å². The Labute approximate surface area is 183 Å². The predicted octanol–water partition coefficient (Wildman–Crippen LogP) is 4.53. The molecular weight excluding hydrogens is 446 g/mol. The number of carbonyl (C=O) groups is 2. The Balaban J connectivity index is 3.61. The van der Waals surface area contributed by atoms with Crippen LogP contribution < -0.4 is 10.0 Å². The molecule has 0 aliphatic carbocycles. The van der Waals surface area contributed by atoms with Crippen LogP contribution in [0.15, 0.2) is 18.2 Å². The normalized spacial score (nSPS) is 14.1. The van der Waals surface area contributed by atoms with Crippen molar-refractivity contribution in [3.05, 3.63) is 23.8 Å². The minimum absolute atomic E-state index is 0.0784. The van der Waals surface area contributed by atoms with Crippen LogP contribution in [0.2, 0.25) is 0 Å². The van der Waals surface area contributed by atoms with E-state index in [1.807, 2.05) is 0 Å². The minimum atomic E-state index is -3.74.